The number of ether oxygens (including phenoxy) is 2. The number of esters is 2. The van der Waals surface area contributed by atoms with Crippen molar-refractivity contribution in [2.24, 2.45) is 11.8 Å². The van der Waals surface area contributed by atoms with Crippen LogP contribution in [0.4, 0.5) is 10.0 Å². The summed E-state index contributed by atoms with van der Waals surface area (Å²) in [6.45, 7) is 12.6. The predicted molar refractivity (Wildman–Crippen MR) is 138 cm³/mol. The Labute approximate surface area is 206 Å². The Morgan fingerprint density at radius 1 is 0.781 bits per heavy atom. The first-order valence-corrected chi connectivity index (χ1v) is 14.4. The number of rotatable bonds is 11. The van der Waals surface area contributed by atoms with Crippen LogP contribution in [0.2, 0.25) is 0 Å². The van der Waals surface area contributed by atoms with Gasteiger partial charge in [-0.15, -0.1) is 22.7 Å². The number of hydrogen-bond donors (Lipinski definition) is 2. The van der Waals surface area contributed by atoms with Crippen molar-refractivity contribution in [1.82, 2.24) is 0 Å². The second kappa shape index (κ2) is 12.2. The van der Waals surface area contributed by atoms with E-state index in [4.69, 9.17) is 20.9 Å². The van der Waals surface area contributed by atoms with Crippen LogP contribution in [0.1, 0.15) is 73.4 Å². The molecule has 0 amide bonds. The van der Waals surface area contributed by atoms with E-state index in [1.807, 2.05) is 0 Å². The molecule has 0 aliphatic rings. The molecular formula is C22H32N2O4S4. The molecule has 4 N–H and O–H groups in total. The van der Waals surface area contributed by atoms with Crippen molar-refractivity contribution in [1.29, 1.82) is 0 Å². The molecule has 0 atom stereocenters. The highest BCUT2D eigenvalue weighted by Crippen LogP contribution is 2.51. The number of nitrogen functional groups attached to an aromatic ring is 2. The lowest BCUT2D eigenvalue weighted by Crippen LogP contribution is -2.10. The van der Waals surface area contributed by atoms with E-state index in [0.29, 0.717) is 46.2 Å². The van der Waals surface area contributed by atoms with Gasteiger partial charge < -0.3 is 20.9 Å². The van der Waals surface area contributed by atoms with Gasteiger partial charge in [-0.05, 0) is 71.2 Å². The number of anilines is 2. The molecule has 0 aliphatic carbocycles. The summed E-state index contributed by atoms with van der Waals surface area (Å²) in [7, 11) is 3.10. The van der Waals surface area contributed by atoms with Gasteiger partial charge in [-0.25, -0.2) is 9.59 Å². The van der Waals surface area contributed by atoms with Crippen molar-refractivity contribution in [3.63, 3.8) is 0 Å². The van der Waals surface area contributed by atoms with Crippen molar-refractivity contribution >= 4 is 66.2 Å². The highest BCUT2D eigenvalue weighted by molar-refractivity contribution is 8.77. The van der Waals surface area contributed by atoms with Gasteiger partial charge in [-0.2, -0.15) is 0 Å². The van der Waals surface area contributed by atoms with Gasteiger partial charge in [0.05, 0.1) is 32.8 Å². The van der Waals surface area contributed by atoms with E-state index >= 15 is 0 Å². The van der Waals surface area contributed by atoms with Gasteiger partial charge in [-0.3, -0.25) is 0 Å². The van der Waals surface area contributed by atoms with Crippen LogP contribution >= 0.6 is 44.3 Å². The molecule has 0 saturated carbocycles. The van der Waals surface area contributed by atoms with Gasteiger partial charge in [0.15, 0.2) is 0 Å². The fourth-order valence-corrected chi connectivity index (χ4v) is 8.63. The molecular weight excluding hydrogens is 485 g/mol. The molecule has 2 aromatic rings. The maximum atomic E-state index is 12.5. The van der Waals surface area contributed by atoms with Crippen LogP contribution in [-0.4, -0.2) is 25.2 Å². The minimum Gasteiger partial charge on any atom is -0.462 e. The van der Waals surface area contributed by atoms with Crippen LogP contribution in [-0.2, 0) is 22.3 Å². The lowest BCUT2D eigenvalue weighted by atomic mass is 10.0. The topological polar surface area (TPSA) is 105 Å². The lowest BCUT2D eigenvalue weighted by molar-refractivity contribution is 0.0516. The zero-order chi connectivity index (χ0) is 24.0. The third kappa shape index (κ3) is 6.59. The summed E-state index contributed by atoms with van der Waals surface area (Å²) in [6.07, 6.45) is 1.45. The molecule has 0 fully saturated rings. The second-order valence-corrected chi connectivity index (χ2v) is 12.8. The molecule has 6 nitrogen and oxygen atoms in total. The minimum atomic E-state index is -0.376. The third-order valence-electron chi connectivity index (χ3n) is 4.37. The molecule has 10 heteroatoms. The first kappa shape index (κ1) is 26.9. The Balaban J connectivity index is 2.41. The molecule has 32 heavy (non-hydrogen) atoms. The van der Waals surface area contributed by atoms with E-state index < -0.39 is 0 Å². The van der Waals surface area contributed by atoms with Crippen LogP contribution < -0.4 is 11.5 Å². The van der Waals surface area contributed by atoms with E-state index in [9.17, 15) is 9.59 Å². The van der Waals surface area contributed by atoms with Crippen LogP contribution in [0, 0.1) is 11.8 Å². The summed E-state index contributed by atoms with van der Waals surface area (Å²) in [6, 6.07) is 0. The molecule has 0 aliphatic heterocycles. The first-order valence-electron chi connectivity index (χ1n) is 10.6. The number of carbonyl (C=O) groups excluding carboxylic acids is 2. The summed E-state index contributed by atoms with van der Waals surface area (Å²) in [5.74, 6) is -0.0462. The van der Waals surface area contributed by atoms with Gasteiger partial charge in [0.25, 0.3) is 0 Å². The van der Waals surface area contributed by atoms with Crippen LogP contribution in [0.3, 0.4) is 0 Å². The molecule has 178 valence electrons. The standard InChI is InChI=1S/C22H32N2O4S4/c1-7-27-19(25)15-13(9-11(3)4)21(29-17(15)23)31-32-22-14(10-12(5)6)16(18(24)30-22)20(26)28-8-2/h11-12H,7-10,23-24H2,1-6H3. The maximum Gasteiger partial charge on any atom is 0.341 e. The number of thiophene rings is 2. The Kier molecular flexibility index (Phi) is 10.3. The monoisotopic (exact) mass is 516 g/mol. The molecule has 0 unspecified atom stereocenters. The van der Waals surface area contributed by atoms with Crippen molar-refractivity contribution in [3.8, 4) is 0 Å². The summed E-state index contributed by atoms with van der Waals surface area (Å²) in [5.41, 5.74) is 15.3. The molecule has 0 saturated heterocycles. The van der Waals surface area contributed by atoms with Crippen LogP contribution in [0.15, 0.2) is 8.42 Å². The largest absolute Gasteiger partial charge is 0.462 e. The molecule has 0 spiro atoms. The lowest BCUT2D eigenvalue weighted by Gasteiger charge is -2.11. The predicted octanol–water partition coefficient (Wildman–Crippen LogP) is 6.52. The molecule has 0 radical (unpaired) electrons. The Hall–Kier alpha value is -1.36. The Bertz CT molecular complexity index is 874. The zero-order valence-corrected chi connectivity index (χ0v) is 22.7. The second-order valence-electron chi connectivity index (χ2n) is 8.02. The third-order valence-corrected chi connectivity index (χ3v) is 9.84. The van der Waals surface area contributed by atoms with E-state index in [1.165, 1.54) is 22.7 Å². The van der Waals surface area contributed by atoms with Crippen molar-refractivity contribution in [3.05, 3.63) is 22.3 Å². The normalized spacial score (nSPS) is 11.4. The number of carbonyl (C=O) groups is 2. The van der Waals surface area contributed by atoms with Crippen LogP contribution in [0.5, 0.6) is 0 Å². The maximum absolute atomic E-state index is 12.5. The summed E-state index contributed by atoms with van der Waals surface area (Å²) in [5, 5.41) is 0.949. The Morgan fingerprint density at radius 3 is 1.41 bits per heavy atom. The van der Waals surface area contributed by atoms with Crippen molar-refractivity contribution < 1.29 is 19.1 Å². The van der Waals surface area contributed by atoms with E-state index in [-0.39, 0.29) is 11.9 Å². The fraction of sp³-hybridized carbons (Fsp3) is 0.545. The summed E-state index contributed by atoms with van der Waals surface area (Å²) in [4.78, 5) is 25.1. The molecule has 0 aromatic carbocycles. The fourth-order valence-electron chi connectivity index (χ4n) is 3.18. The first-order chi connectivity index (χ1) is 15.1. The van der Waals surface area contributed by atoms with Crippen molar-refractivity contribution in [2.75, 3.05) is 24.7 Å². The molecule has 2 aromatic heterocycles. The van der Waals surface area contributed by atoms with Gasteiger partial charge in [0, 0.05) is 0 Å². The average molecular weight is 517 g/mol. The highest BCUT2D eigenvalue weighted by atomic mass is 33.1. The highest BCUT2D eigenvalue weighted by Gasteiger charge is 2.27. The van der Waals surface area contributed by atoms with E-state index in [0.717, 1.165) is 32.4 Å². The smallest absolute Gasteiger partial charge is 0.341 e. The summed E-state index contributed by atoms with van der Waals surface area (Å²) >= 11 is 2.80. The number of nitrogens with two attached hydrogens (primary N) is 2. The average Bonchev–Trinajstić information content (AvgIpc) is 3.15. The van der Waals surface area contributed by atoms with Crippen molar-refractivity contribution in [2.45, 2.75) is 62.8 Å². The Morgan fingerprint density at radius 2 is 1.12 bits per heavy atom. The quantitative estimate of drug-likeness (QED) is 0.257. The van der Waals surface area contributed by atoms with E-state index in [2.05, 4.69) is 27.7 Å². The van der Waals surface area contributed by atoms with Gasteiger partial charge >= 0.3 is 11.9 Å². The molecule has 0 bridgehead atoms. The van der Waals surface area contributed by atoms with Crippen LogP contribution in [0.25, 0.3) is 0 Å². The SMILES string of the molecule is CCOC(=O)c1c(N)sc(SSc2sc(N)c(C(=O)OCC)c2CC(C)C)c1CC(C)C. The zero-order valence-electron chi connectivity index (χ0n) is 19.4. The molecule has 2 heterocycles. The minimum absolute atomic E-state index is 0.302. The van der Waals surface area contributed by atoms with Gasteiger partial charge in [-0.1, -0.05) is 27.7 Å². The molecule has 2 rings (SSSR count). The van der Waals surface area contributed by atoms with Gasteiger partial charge in [0.1, 0.15) is 10.0 Å². The van der Waals surface area contributed by atoms with E-state index in [1.54, 1.807) is 35.4 Å². The van der Waals surface area contributed by atoms with Gasteiger partial charge in [0.2, 0.25) is 0 Å². The number of hydrogen-bond acceptors (Lipinski definition) is 10. The summed E-state index contributed by atoms with van der Waals surface area (Å²) < 4.78 is 12.4.